The molecule has 0 N–H and O–H groups in total. The minimum absolute atomic E-state index is 0.129. The van der Waals surface area contributed by atoms with Gasteiger partial charge in [-0.25, -0.2) is 9.78 Å². The lowest BCUT2D eigenvalue weighted by Gasteiger charge is -2.10. The molecule has 142 valence electrons. The summed E-state index contributed by atoms with van der Waals surface area (Å²) in [5.74, 6) is 0. The van der Waals surface area contributed by atoms with Gasteiger partial charge in [0.2, 0.25) is 0 Å². The lowest BCUT2D eigenvalue weighted by Crippen LogP contribution is -2.40. The molecule has 2 aromatic heterocycles. The molecule has 4 aromatic rings. The van der Waals surface area contributed by atoms with Crippen molar-refractivity contribution in [1.82, 2.24) is 18.7 Å². The summed E-state index contributed by atoms with van der Waals surface area (Å²) in [5, 5.41) is 1.17. The van der Waals surface area contributed by atoms with Crippen LogP contribution in [0, 0.1) is 0 Å². The van der Waals surface area contributed by atoms with Crippen LogP contribution in [0.1, 0.15) is 11.1 Å². The van der Waals surface area contributed by atoms with Gasteiger partial charge in [-0.05, 0) is 35.4 Å². The second-order valence-corrected chi connectivity index (χ2v) is 7.41. The third-order valence-electron chi connectivity index (χ3n) is 4.57. The van der Waals surface area contributed by atoms with Crippen molar-refractivity contribution >= 4 is 34.4 Å². The minimum Gasteiger partial charge on any atom is -0.320 e. The highest BCUT2D eigenvalue weighted by Gasteiger charge is 2.16. The molecule has 2 aromatic carbocycles. The van der Waals surface area contributed by atoms with Gasteiger partial charge in [0.15, 0.2) is 11.2 Å². The van der Waals surface area contributed by atoms with E-state index in [1.54, 1.807) is 42.2 Å². The summed E-state index contributed by atoms with van der Waals surface area (Å²) in [6.07, 6.45) is 1.57. The van der Waals surface area contributed by atoms with Crippen LogP contribution < -0.4 is 11.2 Å². The third-order valence-corrected chi connectivity index (χ3v) is 5.04. The third kappa shape index (κ3) is 3.37. The fourth-order valence-electron chi connectivity index (χ4n) is 3.23. The number of nitrogens with zero attached hydrogens (tertiary/aromatic N) is 4. The fraction of sp³-hybridized carbons (Fsp3) is 0.150. The van der Waals surface area contributed by atoms with E-state index in [0.717, 1.165) is 11.1 Å². The molecule has 4 rings (SSSR count). The average Bonchev–Trinajstić information content (AvgIpc) is 3.07. The molecule has 0 bridgehead atoms. The zero-order valence-electron chi connectivity index (χ0n) is 15.0. The van der Waals surface area contributed by atoms with E-state index in [1.807, 2.05) is 24.3 Å². The van der Waals surface area contributed by atoms with E-state index in [1.165, 1.54) is 9.13 Å². The lowest BCUT2D eigenvalue weighted by atomic mass is 10.2. The second-order valence-electron chi connectivity index (χ2n) is 6.54. The fourth-order valence-corrected chi connectivity index (χ4v) is 3.66. The molecule has 0 saturated heterocycles. The summed E-state index contributed by atoms with van der Waals surface area (Å²) in [7, 11) is 1.61. The van der Waals surface area contributed by atoms with Crippen LogP contribution in [-0.4, -0.2) is 18.7 Å². The molecule has 28 heavy (non-hydrogen) atoms. The van der Waals surface area contributed by atoms with Gasteiger partial charge in [-0.15, -0.1) is 0 Å². The summed E-state index contributed by atoms with van der Waals surface area (Å²) in [6, 6.07) is 14.5. The SMILES string of the molecule is Cn1c(=O)n(Cc2cccc(Cl)c2)c(=O)c2c1ncn2Cc1cccc(Cl)c1. The Kier molecular flexibility index (Phi) is 4.83. The largest absolute Gasteiger partial charge is 0.332 e. The van der Waals surface area contributed by atoms with Gasteiger partial charge in [-0.3, -0.25) is 13.9 Å². The molecular formula is C20H16Cl2N4O2. The van der Waals surface area contributed by atoms with Crippen molar-refractivity contribution in [2.24, 2.45) is 7.05 Å². The van der Waals surface area contributed by atoms with E-state index >= 15 is 0 Å². The van der Waals surface area contributed by atoms with Gasteiger partial charge >= 0.3 is 5.69 Å². The van der Waals surface area contributed by atoms with Crippen molar-refractivity contribution in [3.8, 4) is 0 Å². The average molecular weight is 415 g/mol. The summed E-state index contributed by atoms with van der Waals surface area (Å²) in [5.41, 5.74) is 1.60. The number of rotatable bonds is 4. The smallest absolute Gasteiger partial charge is 0.320 e. The Balaban J connectivity index is 1.85. The Hall–Kier alpha value is -2.83. The Morgan fingerprint density at radius 1 is 0.929 bits per heavy atom. The van der Waals surface area contributed by atoms with Gasteiger partial charge in [0.25, 0.3) is 5.56 Å². The first-order valence-corrected chi connectivity index (χ1v) is 9.33. The lowest BCUT2D eigenvalue weighted by molar-refractivity contribution is 0.653. The molecule has 0 fully saturated rings. The van der Waals surface area contributed by atoms with E-state index in [-0.39, 0.29) is 6.54 Å². The first-order valence-electron chi connectivity index (χ1n) is 8.57. The zero-order chi connectivity index (χ0) is 19.8. The molecule has 0 spiro atoms. The van der Waals surface area contributed by atoms with Crippen molar-refractivity contribution in [3.63, 3.8) is 0 Å². The summed E-state index contributed by atoms with van der Waals surface area (Å²) in [4.78, 5) is 30.2. The minimum atomic E-state index is -0.425. The summed E-state index contributed by atoms with van der Waals surface area (Å²) < 4.78 is 4.32. The molecule has 0 atom stereocenters. The Morgan fingerprint density at radius 3 is 2.14 bits per heavy atom. The highest BCUT2D eigenvalue weighted by Crippen LogP contribution is 2.15. The standard InChI is InChI=1S/C20H16Cl2N4O2/c1-24-18-17(25(12-23-18)10-13-4-2-6-15(21)8-13)19(27)26(20(24)28)11-14-5-3-7-16(22)9-14/h2-9,12H,10-11H2,1H3. The molecule has 0 unspecified atom stereocenters. The molecule has 0 aliphatic heterocycles. The normalized spacial score (nSPS) is 11.2. The number of benzene rings is 2. The van der Waals surface area contributed by atoms with Crippen LogP contribution >= 0.6 is 23.2 Å². The second kappa shape index (κ2) is 7.30. The van der Waals surface area contributed by atoms with E-state index in [0.29, 0.717) is 27.8 Å². The predicted molar refractivity (Wildman–Crippen MR) is 110 cm³/mol. The maximum absolute atomic E-state index is 13.2. The Morgan fingerprint density at radius 2 is 1.54 bits per heavy atom. The molecule has 8 heteroatoms. The van der Waals surface area contributed by atoms with Crippen LogP contribution in [0.4, 0.5) is 0 Å². The van der Waals surface area contributed by atoms with E-state index < -0.39 is 11.2 Å². The maximum Gasteiger partial charge on any atom is 0.332 e. The van der Waals surface area contributed by atoms with Crippen LogP contribution in [0.5, 0.6) is 0 Å². The number of aryl methyl sites for hydroxylation is 1. The van der Waals surface area contributed by atoms with Crippen molar-refractivity contribution in [2.45, 2.75) is 13.1 Å². The number of hydrogen-bond acceptors (Lipinski definition) is 3. The molecule has 0 radical (unpaired) electrons. The molecule has 2 heterocycles. The molecule has 6 nitrogen and oxygen atoms in total. The van der Waals surface area contributed by atoms with Gasteiger partial charge in [-0.2, -0.15) is 0 Å². The Bertz CT molecular complexity index is 1300. The van der Waals surface area contributed by atoms with Crippen molar-refractivity contribution in [3.05, 3.63) is 96.9 Å². The van der Waals surface area contributed by atoms with Gasteiger partial charge in [0.05, 0.1) is 12.9 Å². The van der Waals surface area contributed by atoms with E-state index in [4.69, 9.17) is 23.2 Å². The van der Waals surface area contributed by atoms with Crippen LogP contribution in [0.15, 0.2) is 64.4 Å². The topological polar surface area (TPSA) is 61.8 Å². The molecular weight excluding hydrogens is 399 g/mol. The van der Waals surface area contributed by atoms with Gasteiger partial charge in [0.1, 0.15) is 0 Å². The van der Waals surface area contributed by atoms with E-state index in [2.05, 4.69) is 4.98 Å². The first kappa shape index (κ1) is 18.5. The number of imidazole rings is 1. The quantitative estimate of drug-likeness (QED) is 0.514. The van der Waals surface area contributed by atoms with Gasteiger partial charge < -0.3 is 4.57 Å². The Labute approximate surface area is 170 Å². The zero-order valence-corrected chi connectivity index (χ0v) is 16.5. The molecule has 0 amide bonds. The highest BCUT2D eigenvalue weighted by atomic mass is 35.5. The molecule has 0 saturated carbocycles. The number of hydrogen-bond donors (Lipinski definition) is 0. The highest BCUT2D eigenvalue weighted by molar-refractivity contribution is 6.30. The molecule has 0 aliphatic carbocycles. The molecule has 0 aliphatic rings. The number of halogens is 2. The van der Waals surface area contributed by atoms with Gasteiger partial charge in [-0.1, -0.05) is 47.5 Å². The van der Waals surface area contributed by atoms with Crippen LogP contribution in [0.25, 0.3) is 11.2 Å². The first-order chi connectivity index (χ1) is 13.4. The number of fused-ring (bicyclic) bond motifs is 1. The summed E-state index contributed by atoms with van der Waals surface area (Å²) >= 11 is 12.1. The van der Waals surface area contributed by atoms with Crippen molar-refractivity contribution < 1.29 is 0 Å². The van der Waals surface area contributed by atoms with Gasteiger partial charge in [0, 0.05) is 23.6 Å². The maximum atomic E-state index is 13.2. The van der Waals surface area contributed by atoms with Crippen molar-refractivity contribution in [2.75, 3.05) is 0 Å². The monoisotopic (exact) mass is 414 g/mol. The van der Waals surface area contributed by atoms with Crippen LogP contribution in [0.2, 0.25) is 10.0 Å². The van der Waals surface area contributed by atoms with Crippen molar-refractivity contribution in [1.29, 1.82) is 0 Å². The summed E-state index contributed by atoms with van der Waals surface area (Å²) in [6.45, 7) is 0.548. The predicted octanol–water partition coefficient (Wildman–Crippen LogP) is 3.30. The van der Waals surface area contributed by atoms with Crippen LogP contribution in [-0.2, 0) is 20.1 Å². The van der Waals surface area contributed by atoms with E-state index in [9.17, 15) is 9.59 Å². The van der Waals surface area contributed by atoms with Crippen LogP contribution in [0.3, 0.4) is 0 Å². The number of aromatic nitrogens is 4.